The molecule has 1 aliphatic rings. The van der Waals surface area contributed by atoms with Gasteiger partial charge in [0.05, 0.1) is 6.10 Å². The molecule has 3 heteroatoms. The van der Waals surface area contributed by atoms with Crippen molar-refractivity contribution in [1.29, 1.82) is 0 Å². The molecule has 3 nitrogen and oxygen atoms in total. The second-order valence-corrected chi connectivity index (χ2v) is 3.50. The third-order valence-electron chi connectivity index (χ3n) is 2.60. The maximum Gasteiger partial charge on any atom is 0.0667 e. The van der Waals surface area contributed by atoms with Crippen LogP contribution in [0.4, 0.5) is 0 Å². The Labute approximate surface area is 74.8 Å². The number of nitrogens with zero attached hydrogens (tertiary/aromatic N) is 1. The Hall–Kier alpha value is -0.120. The van der Waals surface area contributed by atoms with Crippen molar-refractivity contribution in [3.63, 3.8) is 0 Å². The molecule has 0 aliphatic carbocycles. The van der Waals surface area contributed by atoms with Crippen molar-refractivity contribution < 1.29 is 5.11 Å². The summed E-state index contributed by atoms with van der Waals surface area (Å²) >= 11 is 0. The van der Waals surface area contributed by atoms with Crippen LogP contribution in [0, 0.1) is 0 Å². The summed E-state index contributed by atoms with van der Waals surface area (Å²) in [5.41, 5.74) is 0. The molecule has 2 unspecified atom stereocenters. The minimum Gasteiger partial charge on any atom is -0.392 e. The molecule has 0 spiro atoms. The lowest BCUT2D eigenvalue weighted by molar-refractivity contribution is 0.0510. The fourth-order valence-corrected chi connectivity index (χ4v) is 1.92. The molecule has 0 aromatic carbocycles. The lowest BCUT2D eigenvalue weighted by Crippen LogP contribution is -2.51. The van der Waals surface area contributed by atoms with Gasteiger partial charge in [-0.25, -0.2) is 0 Å². The van der Waals surface area contributed by atoms with Gasteiger partial charge in [0.1, 0.15) is 0 Å². The van der Waals surface area contributed by atoms with E-state index in [9.17, 15) is 5.11 Å². The van der Waals surface area contributed by atoms with Gasteiger partial charge < -0.3 is 10.4 Å². The Morgan fingerprint density at radius 3 is 2.42 bits per heavy atom. The van der Waals surface area contributed by atoms with E-state index in [1.54, 1.807) is 0 Å². The molecular formula is C9H20N2O. The fraction of sp³-hybridized carbons (Fsp3) is 1.00. The normalized spacial score (nSPS) is 25.2. The Bertz CT molecular complexity index is 122. The summed E-state index contributed by atoms with van der Waals surface area (Å²) in [7, 11) is 0. The van der Waals surface area contributed by atoms with Crippen molar-refractivity contribution >= 4 is 0 Å². The molecule has 12 heavy (non-hydrogen) atoms. The molecule has 2 N–H and O–H groups in total. The number of aliphatic hydroxyl groups excluding tert-OH is 1. The summed E-state index contributed by atoms with van der Waals surface area (Å²) in [5.74, 6) is 0. The van der Waals surface area contributed by atoms with Crippen LogP contribution >= 0.6 is 0 Å². The fourth-order valence-electron chi connectivity index (χ4n) is 1.92. The minimum atomic E-state index is -0.201. The van der Waals surface area contributed by atoms with Crippen LogP contribution in [-0.2, 0) is 0 Å². The molecule has 0 aromatic heterocycles. The summed E-state index contributed by atoms with van der Waals surface area (Å²) in [6.07, 6.45) is 0.839. The van der Waals surface area contributed by atoms with E-state index in [0.717, 1.165) is 32.6 Å². The van der Waals surface area contributed by atoms with E-state index in [4.69, 9.17) is 0 Å². The number of rotatable bonds is 3. The maximum atomic E-state index is 9.50. The van der Waals surface area contributed by atoms with Gasteiger partial charge >= 0.3 is 0 Å². The number of hydrogen-bond acceptors (Lipinski definition) is 3. The van der Waals surface area contributed by atoms with E-state index in [-0.39, 0.29) is 6.10 Å². The highest BCUT2D eigenvalue weighted by atomic mass is 16.3. The molecule has 1 rings (SSSR count). The summed E-state index contributed by atoms with van der Waals surface area (Å²) in [6, 6.07) is 0.354. The molecule has 1 saturated heterocycles. The van der Waals surface area contributed by atoms with E-state index in [2.05, 4.69) is 17.1 Å². The molecule has 72 valence electrons. The van der Waals surface area contributed by atoms with E-state index in [0.29, 0.717) is 6.04 Å². The number of hydrogen-bond donors (Lipinski definition) is 2. The third kappa shape index (κ3) is 2.44. The van der Waals surface area contributed by atoms with Gasteiger partial charge in [0.2, 0.25) is 0 Å². The lowest BCUT2D eigenvalue weighted by Gasteiger charge is -2.35. The first-order valence-electron chi connectivity index (χ1n) is 4.88. The molecule has 1 fully saturated rings. The van der Waals surface area contributed by atoms with Crippen LogP contribution in [0.5, 0.6) is 0 Å². The van der Waals surface area contributed by atoms with Crippen molar-refractivity contribution in [2.24, 2.45) is 0 Å². The first kappa shape index (κ1) is 9.96. The Balaban J connectivity index is 2.40. The van der Waals surface area contributed by atoms with E-state index >= 15 is 0 Å². The number of nitrogens with one attached hydrogen (secondary N) is 1. The van der Waals surface area contributed by atoms with E-state index < -0.39 is 0 Å². The van der Waals surface area contributed by atoms with Gasteiger partial charge in [-0.2, -0.15) is 0 Å². The van der Waals surface area contributed by atoms with Gasteiger partial charge in [0.15, 0.2) is 0 Å². The van der Waals surface area contributed by atoms with Gasteiger partial charge in [-0.05, 0) is 13.3 Å². The molecule has 1 heterocycles. The zero-order chi connectivity index (χ0) is 8.97. The second-order valence-electron chi connectivity index (χ2n) is 3.50. The average Bonchev–Trinajstić information content (AvgIpc) is 2.07. The van der Waals surface area contributed by atoms with Crippen molar-refractivity contribution in [2.45, 2.75) is 32.4 Å². The second kappa shape index (κ2) is 4.80. The van der Waals surface area contributed by atoms with Crippen LogP contribution in [0.3, 0.4) is 0 Å². The Kier molecular flexibility index (Phi) is 3.98. The third-order valence-corrected chi connectivity index (χ3v) is 2.60. The van der Waals surface area contributed by atoms with Crippen LogP contribution in [0.1, 0.15) is 20.3 Å². The molecule has 0 bridgehead atoms. The average molecular weight is 172 g/mol. The molecule has 0 radical (unpaired) electrons. The van der Waals surface area contributed by atoms with Gasteiger partial charge in [-0.15, -0.1) is 0 Å². The minimum absolute atomic E-state index is 0.201. The first-order chi connectivity index (χ1) is 5.75. The van der Waals surface area contributed by atoms with Crippen LogP contribution in [0.2, 0.25) is 0 Å². The molecule has 0 saturated carbocycles. The highest BCUT2D eigenvalue weighted by molar-refractivity contribution is 4.78. The number of piperazine rings is 1. The quantitative estimate of drug-likeness (QED) is 0.631. The monoisotopic (exact) mass is 172 g/mol. The molecule has 0 aromatic rings. The molecule has 1 aliphatic heterocycles. The highest BCUT2D eigenvalue weighted by Gasteiger charge is 2.22. The smallest absolute Gasteiger partial charge is 0.0667 e. The largest absolute Gasteiger partial charge is 0.392 e. The maximum absolute atomic E-state index is 9.50. The lowest BCUT2D eigenvalue weighted by atomic mass is 10.1. The molecular weight excluding hydrogens is 152 g/mol. The predicted molar refractivity (Wildman–Crippen MR) is 50.2 cm³/mol. The summed E-state index contributed by atoms with van der Waals surface area (Å²) in [6.45, 7) is 8.29. The first-order valence-corrected chi connectivity index (χ1v) is 4.88. The molecule has 2 atom stereocenters. The standard InChI is InChI=1S/C9H20N2O/c1-3-9(8(2)12)11-6-4-10-5-7-11/h8-10,12H,3-7H2,1-2H3. The van der Waals surface area contributed by atoms with E-state index in [1.165, 1.54) is 0 Å². The van der Waals surface area contributed by atoms with Gasteiger partial charge in [-0.1, -0.05) is 6.92 Å². The summed E-state index contributed by atoms with van der Waals surface area (Å²) in [4.78, 5) is 2.38. The number of aliphatic hydroxyl groups is 1. The summed E-state index contributed by atoms with van der Waals surface area (Å²) in [5, 5.41) is 12.8. The van der Waals surface area contributed by atoms with Gasteiger partial charge in [0.25, 0.3) is 0 Å². The van der Waals surface area contributed by atoms with Crippen LogP contribution in [0.15, 0.2) is 0 Å². The van der Waals surface area contributed by atoms with Crippen molar-refractivity contribution in [2.75, 3.05) is 26.2 Å². The van der Waals surface area contributed by atoms with E-state index in [1.807, 2.05) is 6.92 Å². The predicted octanol–water partition coefficient (Wildman–Crippen LogP) is 0.0510. The van der Waals surface area contributed by atoms with Crippen molar-refractivity contribution in [3.8, 4) is 0 Å². The Morgan fingerprint density at radius 1 is 1.42 bits per heavy atom. The van der Waals surface area contributed by atoms with Crippen LogP contribution in [-0.4, -0.2) is 48.3 Å². The Morgan fingerprint density at radius 2 is 2.00 bits per heavy atom. The zero-order valence-electron chi connectivity index (χ0n) is 8.08. The van der Waals surface area contributed by atoms with Crippen molar-refractivity contribution in [1.82, 2.24) is 10.2 Å². The molecule has 0 amide bonds. The van der Waals surface area contributed by atoms with Crippen molar-refractivity contribution in [3.05, 3.63) is 0 Å². The SMILES string of the molecule is CCC(C(C)O)N1CCNCC1. The van der Waals surface area contributed by atoms with Crippen LogP contribution < -0.4 is 5.32 Å². The summed E-state index contributed by atoms with van der Waals surface area (Å²) < 4.78 is 0. The zero-order valence-corrected chi connectivity index (χ0v) is 8.08. The van der Waals surface area contributed by atoms with Gasteiger partial charge in [-0.3, -0.25) is 4.90 Å². The van der Waals surface area contributed by atoms with Gasteiger partial charge in [0, 0.05) is 32.2 Å². The highest BCUT2D eigenvalue weighted by Crippen LogP contribution is 2.09. The topological polar surface area (TPSA) is 35.5 Å². The van der Waals surface area contributed by atoms with Crippen LogP contribution in [0.25, 0.3) is 0 Å².